The van der Waals surface area contributed by atoms with Gasteiger partial charge in [0.05, 0.1) is 16.7 Å². The Morgan fingerprint density at radius 3 is 2.34 bits per heavy atom. The molecule has 0 saturated carbocycles. The molecule has 1 aromatic heterocycles. The second kappa shape index (κ2) is 7.77. The lowest BCUT2D eigenvalue weighted by molar-refractivity contribution is -0.384. The summed E-state index contributed by atoms with van der Waals surface area (Å²) < 4.78 is 0. The molecule has 5 rings (SSSR count). The van der Waals surface area contributed by atoms with Gasteiger partial charge in [-0.3, -0.25) is 20.0 Å². The monoisotopic (exact) mass is 424 g/mol. The fraction of sp³-hybridized carbons (Fsp3) is 0.120. The van der Waals surface area contributed by atoms with Gasteiger partial charge in [-0.2, -0.15) is 5.10 Å². The van der Waals surface area contributed by atoms with Crippen molar-refractivity contribution in [1.29, 1.82) is 0 Å². The molecule has 1 N–H and O–H groups in total. The molecule has 1 unspecified atom stereocenters. The van der Waals surface area contributed by atoms with Gasteiger partial charge in [0.25, 0.3) is 11.6 Å². The number of H-pyrrole nitrogens is 1. The van der Waals surface area contributed by atoms with E-state index in [2.05, 4.69) is 10.2 Å². The highest BCUT2D eigenvalue weighted by atomic mass is 16.6. The third-order valence-corrected chi connectivity index (χ3v) is 5.80. The molecule has 1 atom stereocenters. The molecule has 7 heteroatoms. The van der Waals surface area contributed by atoms with Crippen LogP contribution in [0.1, 0.15) is 38.8 Å². The molecule has 7 nitrogen and oxygen atoms in total. The summed E-state index contributed by atoms with van der Waals surface area (Å²) in [6.07, 6.45) is 0. The van der Waals surface area contributed by atoms with E-state index in [0.29, 0.717) is 17.9 Å². The van der Waals surface area contributed by atoms with Gasteiger partial charge in [-0.1, -0.05) is 60.2 Å². The zero-order valence-electron chi connectivity index (χ0n) is 17.4. The molecule has 0 spiro atoms. The molecular weight excluding hydrogens is 404 g/mol. The van der Waals surface area contributed by atoms with Crippen molar-refractivity contribution in [3.63, 3.8) is 0 Å². The van der Waals surface area contributed by atoms with E-state index >= 15 is 0 Å². The predicted molar refractivity (Wildman–Crippen MR) is 120 cm³/mol. The van der Waals surface area contributed by atoms with Crippen LogP contribution in [0.25, 0.3) is 11.3 Å². The first-order chi connectivity index (χ1) is 15.5. The van der Waals surface area contributed by atoms with Crippen molar-refractivity contribution in [3.05, 3.63) is 117 Å². The smallest absolute Gasteiger partial charge is 0.273 e. The minimum Gasteiger partial charge on any atom is -0.322 e. The predicted octanol–water partition coefficient (Wildman–Crippen LogP) is 5.04. The number of rotatable bonds is 5. The molecule has 2 heterocycles. The summed E-state index contributed by atoms with van der Waals surface area (Å²) in [6, 6.07) is 23.7. The number of aromatic nitrogens is 2. The standard InChI is InChI=1S/C25H20N4O3/c1-16-7-9-18(10-8-16)22-21-23(27-26-22)25(30)28(15-17-5-3-2-4-6-17)24(21)19-11-13-20(14-12-19)29(31)32/h2-14,24H,15H2,1H3,(H,26,27). The normalized spacial score (nSPS) is 15.1. The van der Waals surface area contributed by atoms with E-state index in [1.54, 1.807) is 17.0 Å². The quantitative estimate of drug-likeness (QED) is 0.359. The topological polar surface area (TPSA) is 92.1 Å². The Morgan fingerprint density at radius 2 is 1.69 bits per heavy atom. The zero-order valence-corrected chi connectivity index (χ0v) is 17.4. The maximum atomic E-state index is 13.4. The number of nitro groups is 1. The Bertz CT molecular complexity index is 1300. The summed E-state index contributed by atoms with van der Waals surface area (Å²) >= 11 is 0. The van der Waals surface area contributed by atoms with Crippen molar-refractivity contribution in [3.8, 4) is 11.3 Å². The zero-order chi connectivity index (χ0) is 22.2. The number of nitrogens with zero attached hydrogens (tertiary/aromatic N) is 3. The van der Waals surface area contributed by atoms with Crippen LogP contribution in [-0.2, 0) is 6.54 Å². The van der Waals surface area contributed by atoms with E-state index < -0.39 is 11.0 Å². The molecule has 0 bridgehead atoms. The highest BCUT2D eigenvalue weighted by Crippen LogP contribution is 2.43. The van der Waals surface area contributed by atoms with E-state index in [1.807, 2.05) is 61.5 Å². The summed E-state index contributed by atoms with van der Waals surface area (Å²) in [5, 5.41) is 18.6. The van der Waals surface area contributed by atoms with Crippen LogP contribution in [0.3, 0.4) is 0 Å². The molecule has 32 heavy (non-hydrogen) atoms. The summed E-state index contributed by atoms with van der Waals surface area (Å²) in [7, 11) is 0. The Labute approximate surface area is 184 Å². The van der Waals surface area contributed by atoms with Gasteiger partial charge in [-0.25, -0.2) is 0 Å². The number of hydrogen-bond donors (Lipinski definition) is 1. The second-order valence-electron chi connectivity index (χ2n) is 7.90. The number of non-ortho nitro benzene ring substituents is 1. The summed E-state index contributed by atoms with van der Waals surface area (Å²) in [6.45, 7) is 2.43. The highest BCUT2D eigenvalue weighted by molar-refractivity contribution is 6.00. The first-order valence-corrected chi connectivity index (χ1v) is 10.3. The van der Waals surface area contributed by atoms with Crippen molar-refractivity contribution in [1.82, 2.24) is 15.1 Å². The van der Waals surface area contributed by atoms with E-state index in [9.17, 15) is 14.9 Å². The fourth-order valence-corrected chi connectivity index (χ4v) is 4.20. The lowest BCUT2D eigenvalue weighted by Gasteiger charge is -2.26. The molecule has 4 aromatic rings. The summed E-state index contributed by atoms with van der Waals surface area (Å²) in [4.78, 5) is 25.9. The number of carbonyl (C=O) groups is 1. The minimum atomic E-state index is -0.424. The van der Waals surface area contributed by atoms with Gasteiger partial charge in [0.15, 0.2) is 0 Å². The molecule has 0 fully saturated rings. The van der Waals surface area contributed by atoms with Crippen molar-refractivity contribution in [2.24, 2.45) is 0 Å². The number of nitro benzene ring substituents is 1. The number of hydrogen-bond acceptors (Lipinski definition) is 4. The second-order valence-corrected chi connectivity index (χ2v) is 7.90. The van der Waals surface area contributed by atoms with E-state index in [0.717, 1.165) is 27.8 Å². The third kappa shape index (κ3) is 3.33. The van der Waals surface area contributed by atoms with Gasteiger partial charge in [0, 0.05) is 29.8 Å². The number of carbonyl (C=O) groups excluding carboxylic acids is 1. The van der Waals surface area contributed by atoms with Crippen LogP contribution in [0.15, 0.2) is 78.9 Å². The van der Waals surface area contributed by atoms with Crippen LogP contribution in [0, 0.1) is 17.0 Å². The maximum absolute atomic E-state index is 13.4. The highest BCUT2D eigenvalue weighted by Gasteiger charge is 2.42. The van der Waals surface area contributed by atoms with Gasteiger partial charge >= 0.3 is 0 Å². The molecular formula is C25H20N4O3. The van der Waals surface area contributed by atoms with Gasteiger partial charge in [-0.05, 0) is 30.2 Å². The molecule has 3 aromatic carbocycles. The molecule has 1 aliphatic heterocycles. The SMILES string of the molecule is Cc1ccc(-c2n[nH]c3c2C(c2ccc([N+](=O)[O-])cc2)N(Cc2ccccc2)C3=O)cc1. The van der Waals surface area contributed by atoms with Crippen LogP contribution < -0.4 is 0 Å². The first kappa shape index (κ1) is 19.7. The Kier molecular flexibility index (Phi) is 4.78. The molecule has 1 amide bonds. The van der Waals surface area contributed by atoms with E-state index in [4.69, 9.17) is 0 Å². The van der Waals surface area contributed by atoms with Crippen LogP contribution in [0.4, 0.5) is 5.69 Å². The van der Waals surface area contributed by atoms with E-state index in [1.165, 1.54) is 12.1 Å². The molecule has 0 radical (unpaired) electrons. The number of amides is 1. The van der Waals surface area contributed by atoms with Crippen LogP contribution >= 0.6 is 0 Å². The lowest BCUT2D eigenvalue weighted by atomic mass is 9.95. The summed E-state index contributed by atoms with van der Waals surface area (Å²) in [5.74, 6) is -0.141. The van der Waals surface area contributed by atoms with Gasteiger partial charge in [0.2, 0.25) is 0 Å². The molecule has 158 valence electrons. The largest absolute Gasteiger partial charge is 0.322 e. The van der Waals surface area contributed by atoms with Crippen molar-refractivity contribution in [2.75, 3.05) is 0 Å². The van der Waals surface area contributed by atoms with Gasteiger partial charge < -0.3 is 4.90 Å². The van der Waals surface area contributed by atoms with Crippen molar-refractivity contribution >= 4 is 11.6 Å². The van der Waals surface area contributed by atoms with Crippen LogP contribution in [0.2, 0.25) is 0 Å². The van der Waals surface area contributed by atoms with Gasteiger partial charge in [-0.15, -0.1) is 0 Å². The van der Waals surface area contributed by atoms with Gasteiger partial charge in [0.1, 0.15) is 5.69 Å². The van der Waals surface area contributed by atoms with Crippen LogP contribution in [-0.4, -0.2) is 25.9 Å². The average molecular weight is 424 g/mol. The van der Waals surface area contributed by atoms with E-state index in [-0.39, 0.29) is 11.6 Å². The minimum absolute atomic E-state index is 0.0128. The number of fused-ring (bicyclic) bond motifs is 1. The Morgan fingerprint density at radius 1 is 1.00 bits per heavy atom. The summed E-state index contributed by atoms with van der Waals surface area (Å²) in [5.41, 5.74) is 5.83. The lowest BCUT2D eigenvalue weighted by Crippen LogP contribution is -2.29. The number of nitrogens with one attached hydrogen (secondary N) is 1. The van der Waals surface area contributed by atoms with Crippen molar-refractivity contribution < 1.29 is 9.72 Å². The third-order valence-electron chi connectivity index (χ3n) is 5.80. The Hall–Kier alpha value is -4.26. The van der Waals surface area contributed by atoms with Crippen molar-refractivity contribution in [2.45, 2.75) is 19.5 Å². The number of aryl methyl sites for hydroxylation is 1. The molecule has 0 saturated heterocycles. The molecule has 0 aliphatic carbocycles. The average Bonchev–Trinajstić information content (AvgIpc) is 3.34. The van der Waals surface area contributed by atoms with Crippen LogP contribution in [0.5, 0.6) is 0 Å². The Balaban J connectivity index is 1.64. The first-order valence-electron chi connectivity index (χ1n) is 10.3. The number of benzene rings is 3. The fourth-order valence-electron chi connectivity index (χ4n) is 4.20. The molecule has 1 aliphatic rings. The maximum Gasteiger partial charge on any atom is 0.273 e. The number of aromatic amines is 1.